The molecular weight excluding hydrogens is 281 g/mol. The summed E-state index contributed by atoms with van der Waals surface area (Å²) < 4.78 is 41.3. The molecule has 0 N–H and O–H groups in total. The van der Waals surface area contributed by atoms with E-state index in [-0.39, 0.29) is 20.4 Å². The summed E-state index contributed by atoms with van der Waals surface area (Å²) in [6.07, 6.45) is -4.51. The third-order valence-electron chi connectivity index (χ3n) is 1.77. The van der Waals surface area contributed by atoms with Gasteiger partial charge < -0.3 is 5.21 Å². The van der Waals surface area contributed by atoms with Crippen LogP contribution in [0.1, 0.15) is 5.56 Å². The molecule has 0 spiro atoms. The highest BCUT2D eigenvalue weighted by Crippen LogP contribution is 2.33. The third kappa shape index (κ3) is 1.65. The van der Waals surface area contributed by atoms with Crippen LogP contribution in [0.25, 0.3) is 11.0 Å². The van der Waals surface area contributed by atoms with Crippen molar-refractivity contribution in [2.45, 2.75) is 6.18 Å². The topological polar surface area (TPSA) is 53.0 Å². The molecule has 1 aromatic carbocycles. The van der Waals surface area contributed by atoms with E-state index in [0.717, 1.165) is 6.07 Å². The number of nitrogens with zero attached hydrogens (tertiary/aromatic N) is 2. The Kier molecular flexibility index (Phi) is 2.10. The number of halogens is 4. The highest BCUT2D eigenvalue weighted by atomic mass is 79.9. The largest absolute Gasteiger partial charge is 0.416 e. The molecule has 0 unspecified atom stereocenters. The molecule has 1 aromatic heterocycles. The van der Waals surface area contributed by atoms with Gasteiger partial charge in [0.25, 0.3) is 5.52 Å². The average molecular weight is 283 g/mol. The molecule has 4 nitrogen and oxygen atoms in total. The summed E-state index contributed by atoms with van der Waals surface area (Å²) in [7, 11) is 0. The molecule has 0 bridgehead atoms. The molecule has 0 aliphatic carbocycles. The molecular formula is C7H2BrF3N2O2. The van der Waals surface area contributed by atoms with E-state index < -0.39 is 11.7 Å². The summed E-state index contributed by atoms with van der Waals surface area (Å²) in [5.41, 5.74) is -1.15. The first-order valence-electron chi connectivity index (χ1n) is 3.66. The van der Waals surface area contributed by atoms with Gasteiger partial charge in [0.1, 0.15) is 0 Å². The predicted molar refractivity (Wildman–Crippen MR) is 45.7 cm³/mol. The number of benzene rings is 1. The van der Waals surface area contributed by atoms with Crippen LogP contribution in [0, 0.1) is 5.21 Å². The number of hydrogen-bond donors (Lipinski definition) is 0. The average Bonchev–Trinajstić information content (AvgIpc) is 2.47. The van der Waals surface area contributed by atoms with Crippen molar-refractivity contribution < 1.29 is 22.7 Å². The molecule has 0 aliphatic rings. The second kappa shape index (κ2) is 3.09. The normalized spacial score (nSPS) is 12.3. The Morgan fingerprint density at radius 1 is 1.40 bits per heavy atom. The quantitative estimate of drug-likeness (QED) is 0.697. The van der Waals surface area contributed by atoms with Gasteiger partial charge in [0, 0.05) is 11.2 Å². The first-order chi connectivity index (χ1) is 6.89. The van der Waals surface area contributed by atoms with Crippen LogP contribution < -0.4 is 4.90 Å². The first kappa shape index (κ1) is 10.2. The maximum atomic E-state index is 12.4. The molecule has 0 saturated carbocycles. The van der Waals surface area contributed by atoms with E-state index in [4.69, 9.17) is 0 Å². The van der Waals surface area contributed by atoms with Crippen LogP contribution >= 0.6 is 15.9 Å². The Hall–Kier alpha value is -1.31. The van der Waals surface area contributed by atoms with Crippen LogP contribution in [0.3, 0.4) is 0 Å². The van der Waals surface area contributed by atoms with Crippen molar-refractivity contribution in [1.29, 1.82) is 0 Å². The van der Waals surface area contributed by atoms with E-state index in [2.05, 4.69) is 25.7 Å². The van der Waals surface area contributed by atoms with E-state index in [1.54, 1.807) is 0 Å². The lowest BCUT2D eigenvalue weighted by Crippen LogP contribution is -2.23. The molecule has 2 aromatic rings. The minimum absolute atomic E-state index is 0.0537. The van der Waals surface area contributed by atoms with Gasteiger partial charge in [-0.3, -0.25) is 4.63 Å². The lowest BCUT2D eigenvalue weighted by Gasteiger charge is -2.05. The van der Waals surface area contributed by atoms with Gasteiger partial charge in [-0.05, 0) is 26.9 Å². The number of fused-ring (bicyclic) bond motifs is 1. The van der Waals surface area contributed by atoms with E-state index in [0.29, 0.717) is 6.07 Å². The van der Waals surface area contributed by atoms with Gasteiger partial charge in [-0.1, -0.05) is 0 Å². The summed E-state index contributed by atoms with van der Waals surface area (Å²) in [6.45, 7) is 0. The van der Waals surface area contributed by atoms with Crippen LogP contribution in [0.15, 0.2) is 21.2 Å². The van der Waals surface area contributed by atoms with Gasteiger partial charge in [-0.25, -0.2) is 0 Å². The predicted octanol–water partition coefficient (Wildman–Crippen LogP) is 2.24. The van der Waals surface area contributed by atoms with Gasteiger partial charge >= 0.3 is 6.18 Å². The molecule has 0 radical (unpaired) electrons. The fraction of sp³-hybridized carbons (Fsp3) is 0.143. The SMILES string of the molecule is [O-][n+]1onc2c(Br)cc(C(F)(F)F)cc21. The molecule has 2 rings (SSSR count). The van der Waals surface area contributed by atoms with Crippen LogP contribution in [0.5, 0.6) is 0 Å². The van der Waals surface area contributed by atoms with E-state index >= 15 is 0 Å². The van der Waals surface area contributed by atoms with Crippen LogP contribution in [-0.4, -0.2) is 5.16 Å². The van der Waals surface area contributed by atoms with Gasteiger partial charge in [-0.15, -0.1) is 0 Å². The van der Waals surface area contributed by atoms with E-state index in [9.17, 15) is 18.4 Å². The molecule has 0 amide bonds. The van der Waals surface area contributed by atoms with Crippen LogP contribution in [0.2, 0.25) is 0 Å². The maximum absolute atomic E-state index is 12.4. The molecule has 15 heavy (non-hydrogen) atoms. The molecule has 0 fully saturated rings. The third-order valence-corrected chi connectivity index (χ3v) is 2.38. The zero-order valence-corrected chi connectivity index (χ0v) is 8.46. The second-order valence-corrected chi connectivity index (χ2v) is 3.61. The Morgan fingerprint density at radius 2 is 2.07 bits per heavy atom. The van der Waals surface area contributed by atoms with Crippen LogP contribution in [-0.2, 0) is 6.18 Å². The van der Waals surface area contributed by atoms with Crippen molar-refractivity contribution in [3.05, 3.63) is 27.4 Å². The number of hydrogen-bond acceptors (Lipinski definition) is 3. The van der Waals surface area contributed by atoms with Gasteiger partial charge in [0.2, 0.25) is 5.52 Å². The van der Waals surface area contributed by atoms with Gasteiger partial charge in [0.15, 0.2) is 0 Å². The number of aromatic nitrogens is 2. The highest BCUT2D eigenvalue weighted by Gasteiger charge is 2.33. The second-order valence-electron chi connectivity index (χ2n) is 2.75. The van der Waals surface area contributed by atoms with Gasteiger partial charge in [-0.2, -0.15) is 13.2 Å². The fourth-order valence-corrected chi connectivity index (χ4v) is 1.62. The first-order valence-corrected chi connectivity index (χ1v) is 4.45. The summed E-state index contributed by atoms with van der Waals surface area (Å²) in [6, 6.07) is 1.52. The minimum Gasteiger partial charge on any atom is -0.359 e. The zero-order valence-electron chi connectivity index (χ0n) is 6.88. The smallest absolute Gasteiger partial charge is 0.359 e. The number of rotatable bonds is 0. The Balaban J connectivity index is 2.76. The van der Waals surface area contributed by atoms with Crippen molar-refractivity contribution in [3.8, 4) is 0 Å². The van der Waals surface area contributed by atoms with Crippen molar-refractivity contribution in [1.82, 2.24) is 5.16 Å². The lowest BCUT2D eigenvalue weighted by molar-refractivity contribution is -0.782. The van der Waals surface area contributed by atoms with Crippen molar-refractivity contribution in [2.75, 3.05) is 0 Å². The van der Waals surface area contributed by atoms with E-state index in [1.165, 1.54) is 0 Å². The Labute approximate surface area is 88.9 Å². The molecule has 0 aliphatic heterocycles. The van der Waals surface area contributed by atoms with E-state index in [1.807, 2.05) is 0 Å². The van der Waals surface area contributed by atoms with Gasteiger partial charge in [0.05, 0.1) is 10.0 Å². The summed E-state index contributed by atoms with van der Waals surface area (Å²) in [5, 5.41) is 14.2. The Bertz CT molecular complexity index is 523. The van der Waals surface area contributed by atoms with Crippen LogP contribution in [0.4, 0.5) is 13.2 Å². The molecule has 1 heterocycles. The minimum atomic E-state index is -4.51. The standard InChI is InChI=1S/C7H2BrF3N2O2/c8-4-1-3(7(9,10)11)2-5-6(4)12-15-13(5)14/h1-2H. The lowest BCUT2D eigenvalue weighted by atomic mass is 10.2. The van der Waals surface area contributed by atoms with Crippen molar-refractivity contribution in [3.63, 3.8) is 0 Å². The molecule has 0 saturated heterocycles. The summed E-state index contributed by atoms with van der Waals surface area (Å²) in [4.78, 5) is -0.0741. The number of alkyl halides is 3. The maximum Gasteiger partial charge on any atom is 0.416 e. The monoisotopic (exact) mass is 282 g/mol. The zero-order chi connectivity index (χ0) is 11.2. The summed E-state index contributed by atoms with van der Waals surface area (Å²) >= 11 is 2.88. The molecule has 80 valence electrons. The van der Waals surface area contributed by atoms with Crippen molar-refractivity contribution in [2.24, 2.45) is 0 Å². The summed E-state index contributed by atoms with van der Waals surface area (Å²) in [5.74, 6) is 0. The fourth-order valence-electron chi connectivity index (χ4n) is 1.10. The molecule has 8 heteroatoms. The molecule has 0 atom stereocenters. The highest BCUT2D eigenvalue weighted by molar-refractivity contribution is 9.10. The van der Waals surface area contributed by atoms with Crippen molar-refractivity contribution >= 4 is 27.0 Å². The Morgan fingerprint density at radius 3 is 2.67 bits per heavy atom.